The second-order valence-electron chi connectivity index (χ2n) is 1.23. The molecule has 0 N–H and O–H groups in total. The summed E-state index contributed by atoms with van der Waals surface area (Å²) in [5.41, 5.74) is 0. The zero-order valence-electron chi connectivity index (χ0n) is 3.85. The van der Waals surface area contributed by atoms with Gasteiger partial charge in [0.05, 0.1) is 0 Å². The molecule has 0 bridgehead atoms. The van der Waals surface area contributed by atoms with Crippen molar-refractivity contribution in [3.05, 3.63) is 0 Å². The predicted octanol–water partition coefficient (Wildman–Crippen LogP) is 1.38. The molecule has 0 aromatic carbocycles. The second-order valence-corrected chi connectivity index (χ2v) is 4.55. The monoisotopic (exact) mass is 181 g/mol. The normalized spacial score (nSPS) is 14.0. The summed E-state index contributed by atoms with van der Waals surface area (Å²) in [7, 11) is -13.0. The number of rotatable bonds is 2. The predicted molar refractivity (Wildman–Crippen MR) is 23.9 cm³/mol. The van der Waals surface area contributed by atoms with Gasteiger partial charge in [0.1, 0.15) is 0 Å². The molecule has 54 valence electrons. The first-order valence-electron chi connectivity index (χ1n) is 1.71. The first kappa shape index (κ1) is 9.08. The van der Waals surface area contributed by atoms with Crippen molar-refractivity contribution in [3.8, 4) is 0 Å². The lowest BCUT2D eigenvalue weighted by Gasteiger charge is -2.17. The van der Waals surface area contributed by atoms with Gasteiger partial charge in [0.15, 0.2) is 0 Å². The molecule has 0 saturated carbocycles. The first-order chi connectivity index (χ1) is 3.71. The maximum atomic E-state index is 10.9. The van der Waals surface area contributed by atoms with Crippen molar-refractivity contribution in [1.82, 2.24) is 0 Å². The van der Waals surface area contributed by atoms with Gasteiger partial charge in [-0.1, -0.05) is 6.46 Å². The maximum Gasteiger partial charge on any atom is 0.374 e. The minimum atomic E-state index is -6.48. The van der Waals surface area contributed by atoms with E-state index in [2.05, 4.69) is 0 Å². The minimum absolute atomic E-state index is 1.35. The third kappa shape index (κ3) is 8.08. The summed E-state index contributed by atoms with van der Waals surface area (Å²) in [6, 6.07) is 0. The molecule has 0 aliphatic rings. The molecule has 0 unspecified atom stereocenters. The molecule has 9 heteroatoms. The van der Waals surface area contributed by atoms with Crippen molar-refractivity contribution in [2.24, 2.45) is 0 Å². The van der Waals surface area contributed by atoms with Crippen LogP contribution < -0.4 is 0 Å². The van der Waals surface area contributed by atoms with Gasteiger partial charge in [-0.05, 0) is 0 Å². The highest BCUT2D eigenvalue weighted by Gasteiger charge is 2.35. The van der Waals surface area contributed by atoms with Gasteiger partial charge in [0, 0.05) is 0 Å². The SMILES string of the molecule is F[Si](F)(F)[B-][Si](F)(F)F. The lowest BCUT2D eigenvalue weighted by atomic mass is 10.7. The fourth-order valence-electron chi connectivity index (χ4n) is 0.186. The fourth-order valence-corrected chi connectivity index (χ4v) is 1.67. The van der Waals surface area contributed by atoms with E-state index in [0.717, 1.165) is 0 Å². The average molecular weight is 181 g/mol. The van der Waals surface area contributed by atoms with Crippen LogP contribution in [0.3, 0.4) is 0 Å². The van der Waals surface area contributed by atoms with Crippen molar-refractivity contribution in [2.45, 2.75) is 0 Å². The summed E-state index contributed by atoms with van der Waals surface area (Å²) in [5, 5.41) is 0. The zero-order valence-corrected chi connectivity index (χ0v) is 5.85. The number of hydrogen-bond donors (Lipinski definition) is 0. The van der Waals surface area contributed by atoms with Gasteiger partial charge in [-0.15, -0.1) is 0 Å². The van der Waals surface area contributed by atoms with E-state index in [9.17, 15) is 24.6 Å². The van der Waals surface area contributed by atoms with E-state index in [-0.39, 0.29) is 0 Å². The summed E-state index contributed by atoms with van der Waals surface area (Å²) in [6.07, 6.45) is 0. The molecular weight excluding hydrogens is 181 g/mol. The molecule has 9 heavy (non-hydrogen) atoms. The topological polar surface area (TPSA) is 0 Å². The van der Waals surface area contributed by atoms with Crippen molar-refractivity contribution in [2.75, 3.05) is 0 Å². The van der Waals surface area contributed by atoms with Gasteiger partial charge in [0.2, 0.25) is 0 Å². The summed E-state index contributed by atoms with van der Waals surface area (Å²) in [4.78, 5) is 0. The van der Waals surface area contributed by atoms with Crippen LogP contribution in [0.4, 0.5) is 24.6 Å². The molecule has 0 heterocycles. The summed E-state index contributed by atoms with van der Waals surface area (Å²) < 4.78 is 65.7. The molecular formula is BF6Si2-. The Labute approximate surface area is 50.0 Å². The Bertz CT molecular complexity index is 76.2. The summed E-state index contributed by atoms with van der Waals surface area (Å²) >= 11 is 0. The fraction of sp³-hybridized carbons (Fsp3) is 0. The quantitative estimate of drug-likeness (QED) is 0.343. The van der Waals surface area contributed by atoms with E-state index in [1.54, 1.807) is 0 Å². The third-order valence-electron chi connectivity index (χ3n) is 0.327. The van der Waals surface area contributed by atoms with E-state index in [4.69, 9.17) is 0 Å². The van der Waals surface area contributed by atoms with Gasteiger partial charge in [-0.3, -0.25) is 24.6 Å². The van der Waals surface area contributed by atoms with Crippen molar-refractivity contribution < 1.29 is 24.6 Å². The van der Waals surface area contributed by atoms with Gasteiger partial charge >= 0.3 is 17.9 Å². The molecule has 0 fully saturated rings. The van der Waals surface area contributed by atoms with Crippen LogP contribution in [0.5, 0.6) is 0 Å². The standard InChI is InChI=1S/BF6Si2/c2-8(3,4)1-9(5,6)7/q-1. The van der Waals surface area contributed by atoms with Crippen LogP contribution in [-0.2, 0) is 0 Å². The Balaban J connectivity index is 3.75. The molecule has 0 aromatic heterocycles. The summed E-state index contributed by atoms with van der Waals surface area (Å²) in [5.74, 6) is 0. The highest BCUT2D eigenvalue weighted by molar-refractivity contribution is 7.43. The van der Waals surface area contributed by atoms with Crippen LogP contribution in [0.2, 0.25) is 0 Å². The van der Waals surface area contributed by atoms with E-state index >= 15 is 0 Å². The molecule has 0 spiro atoms. The van der Waals surface area contributed by atoms with E-state index < -0.39 is 24.4 Å². The van der Waals surface area contributed by atoms with Gasteiger partial charge < -0.3 is 0 Å². The first-order valence-corrected chi connectivity index (χ1v) is 5.13. The van der Waals surface area contributed by atoms with Crippen LogP contribution in [0.15, 0.2) is 0 Å². The molecule has 0 nitrogen and oxygen atoms in total. The Morgan fingerprint density at radius 1 is 0.667 bits per heavy atom. The largest absolute Gasteiger partial charge is 0.374 e. The highest BCUT2D eigenvalue weighted by atomic mass is 28.5. The molecule has 0 amide bonds. The van der Waals surface area contributed by atoms with E-state index in [1.807, 2.05) is 0 Å². The second kappa shape index (κ2) is 2.37. The van der Waals surface area contributed by atoms with Crippen molar-refractivity contribution >= 4 is 24.4 Å². The third-order valence-corrected chi connectivity index (χ3v) is 2.95. The Morgan fingerprint density at radius 2 is 0.889 bits per heavy atom. The molecule has 0 aliphatic carbocycles. The van der Waals surface area contributed by atoms with E-state index in [0.29, 0.717) is 0 Å². The number of halogens is 6. The average Bonchev–Trinajstić information content (AvgIpc) is 1.14. The van der Waals surface area contributed by atoms with Crippen LogP contribution in [0, 0.1) is 0 Å². The Morgan fingerprint density at radius 3 is 0.889 bits per heavy atom. The Kier molecular flexibility index (Phi) is 2.39. The smallest absolute Gasteiger partial charge is 0.279 e. The van der Waals surface area contributed by atoms with Crippen LogP contribution in [0.25, 0.3) is 0 Å². The van der Waals surface area contributed by atoms with Gasteiger partial charge in [-0.2, -0.15) is 0 Å². The van der Waals surface area contributed by atoms with E-state index in [1.165, 1.54) is 0 Å². The molecule has 2 radical (unpaired) electrons. The molecule has 0 aromatic rings. The summed E-state index contributed by atoms with van der Waals surface area (Å²) in [6.45, 7) is -1.35. The highest BCUT2D eigenvalue weighted by Crippen LogP contribution is 2.15. The van der Waals surface area contributed by atoms with Crippen molar-refractivity contribution in [1.29, 1.82) is 0 Å². The maximum absolute atomic E-state index is 10.9. The molecule has 0 saturated heterocycles. The van der Waals surface area contributed by atoms with Crippen LogP contribution in [0.1, 0.15) is 0 Å². The zero-order chi connectivity index (χ0) is 7.71. The van der Waals surface area contributed by atoms with Gasteiger partial charge in [0.25, 0.3) is 0 Å². The lowest BCUT2D eigenvalue weighted by Crippen LogP contribution is -2.42. The van der Waals surface area contributed by atoms with Gasteiger partial charge in [-0.25, -0.2) is 0 Å². The molecule has 0 aliphatic heterocycles. The van der Waals surface area contributed by atoms with Crippen LogP contribution >= 0.6 is 0 Å². The van der Waals surface area contributed by atoms with Crippen molar-refractivity contribution in [3.63, 3.8) is 0 Å². The Hall–Kier alpha value is 0.0787. The number of hydrogen-bond acceptors (Lipinski definition) is 0. The molecule has 0 atom stereocenters. The molecule has 0 rings (SSSR count). The lowest BCUT2D eigenvalue weighted by molar-refractivity contribution is 0.497. The minimum Gasteiger partial charge on any atom is -0.279 e. The van der Waals surface area contributed by atoms with Crippen LogP contribution in [-0.4, -0.2) is 24.4 Å².